The van der Waals surface area contributed by atoms with Crippen LogP contribution in [0.1, 0.15) is 12.8 Å². The molecule has 24 heavy (non-hydrogen) atoms. The summed E-state index contributed by atoms with van der Waals surface area (Å²) in [5.74, 6) is 0.742. The molecule has 0 aliphatic rings. The number of ether oxygens (including phenoxy) is 1. The fourth-order valence-electron chi connectivity index (χ4n) is 2.09. The number of benzene rings is 2. The topological polar surface area (TPSA) is 45.4 Å². The molecule has 0 atom stereocenters. The molecule has 2 aromatic rings. The molecule has 0 aliphatic carbocycles. The van der Waals surface area contributed by atoms with Gasteiger partial charge in [-0.05, 0) is 36.2 Å². The van der Waals surface area contributed by atoms with Crippen LogP contribution in [0.25, 0.3) is 11.1 Å². The zero-order valence-corrected chi connectivity index (χ0v) is 15.0. The van der Waals surface area contributed by atoms with Crippen LogP contribution in [0.2, 0.25) is 10.0 Å². The van der Waals surface area contributed by atoms with Crippen LogP contribution in [-0.4, -0.2) is 18.2 Å². The predicted octanol–water partition coefficient (Wildman–Crippen LogP) is 6.04. The number of halogens is 2. The maximum absolute atomic E-state index is 8.50. The van der Waals surface area contributed by atoms with Gasteiger partial charge in [0.25, 0.3) is 0 Å². The van der Waals surface area contributed by atoms with E-state index in [-0.39, 0.29) is 0 Å². The molecule has 0 bridgehead atoms. The Morgan fingerprint density at radius 3 is 2.42 bits per heavy atom. The van der Waals surface area contributed by atoms with Crippen LogP contribution in [0.4, 0.5) is 5.69 Å². The second-order valence-electron chi connectivity index (χ2n) is 4.83. The zero-order chi connectivity index (χ0) is 17.4. The Kier molecular flexibility index (Phi) is 7.20. The molecular formula is C18H14Cl2N2OS. The van der Waals surface area contributed by atoms with Crippen molar-refractivity contribution in [2.24, 2.45) is 4.99 Å². The highest BCUT2D eigenvalue weighted by Gasteiger charge is 2.10. The largest absolute Gasteiger partial charge is 0.494 e. The Bertz CT molecular complexity index is 760. The highest BCUT2D eigenvalue weighted by atomic mass is 35.5. The summed E-state index contributed by atoms with van der Waals surface area (Å²) in [6.45, 7) is 0.515. The van der Waals surface area contributed by atoms with Crippen molar-refractivity contribution < 1.29 is 4.74 Å². The molecule has 0 fully saturated rings. The van der Waals surface area contributed by atoms with Gasteiger partial charge in [0, 0.05) is 23.6 Å². The number of aliphatic imine (C=N–C) groups is 1. The SMILES string of the molecule is N#CCCCOc1ccc(-c2c(Cl)cc(N=CC=S)cc2Cl)cc1. The number of nitrogens with zero attached hydrogens (tertiary/aromatic N) is 2. The molecule has 0 unspecified atom stereocenters. The summed E-state index contributed by atoms with van der Waals surface area (Å²) in [5, 5.41) is 11.0. The average Bonchev–Trinajstić information content (AvgIpc) is 2.57. The van der Waals surface area contributed by atoms with Gasteiger partial charge in [-0.2, -0.15) is 5.26 Å². The van der Waals surface area contributed by atoms with Crippen molar-refractivity contribution >= 4 is 52.7 Å². The Morgan fingerprint density at radius 2 is 1.83 bits per heavy atom. The Hall–Kier alpha value is -1.93. The first-order chi connectivity index (χ1) is 11.7. The third-order valence-electron chi connectivity index (χ3n) is 3.16. The summed E-state index contributed by atoms with van der Waals surface area (Å²) < 4.78 is 5.57. The first-order valence-electron chi connectivity index (χ1n) is 7.22. The van der Waals surface area contributed by atoms with Gasteiger partial charge in [-0.3, -0.25) is 4.99 Å². The maximum atomic E-state index is 8.50. The minimum atomic E-state index is 0.487. The van der Waals surface area contributed by atoms with E-state index in [4.69, 9.17) is 45.4 Å². The van der Waals surface area contributed by atoms with Crippen molar-refractivity contribution in [1.29, 1.82) is 5.26 Å². The second-order valence-corrected chi connectivity index (χ2v) is 5.92. The van der Waals surface area contributed by atoms with Crippen LogP contribution in [0, 0.1) is 11.3 Å². The van der Waals surface area contributed by atoms with Crippen LogP contribution in [0.15, 0.2) is 41.4 Å². The van der Waals surface area contributed by atoms with E-state index in [1.807, 2.05) is 24.3 Å². The van der Waals surface area contributed by atoms with E-state index in [0.717, 1.165) is 16.9 Å². The van der Waals surface area contributed by atoms with Gasteiger partial charge in [0.2, 0.25) is 0 Å². The average molecular weight is 377 g/mol. The lowest BCUT2D eigenvalue weighted by molar-refractivity contribution is 0.313. The molecule has 0 saturated heterocycles. The number of thiocarbonyl (C=S) groups is 1. The molecule has 2 aromatic carbocycles. The summed E-state index contributed by atoms with van der Waals surface area (Å²) in [7, 11) is 0. The first-order valence-corrected chi connectivity index (χ1v) is 8.45. The normalized spacial score (nSPS) is 10.5. The van der Waals surface area contributed by atoms with Gasteiger partial charge in [0.1, 0.15) is 5.75 Å². The van der Waals surface area contributed by atoms with Gasteiger partial charge in [0.15, 0.2) is 0 Å². The van der Waals surface area contributed by atoms with Crippen molar-refractivity contribution in [3.8, 4) is 22.9 Å². The van der Waals surface area contributed by atoms with Crippen LogP contribution in [0.3, 0.4) is 0 Å². The Morgan fingerprint density at radius 1 is 1.17 bits per heavy atom. The lowest BCUT2D eigenvalue weighted by Crippen LogP contribution is -1.96. The number of rotatable bonds is 7. The van der Waals surface area contributed by atoms with E-state index in [1.165, 1.54) is 11.6 Å². The molecule has 0 spiro atoms. The van der Waals surface area contributed by atoms with Crippen molar-refractivity contribution in [1.82, 2.24) is 0 Å². The summed E-state index contributed by atoms with van der Waals surface area (Å²) in [6, 6.07) is 13.1. The van der Waals surface area contributed by atoms with E-state index < -0.39 is 0 Å². The number of nitriles is 1. The van der Waals surface area contributed by atoms with Gasteiger partial charge in [-0.15, -0.1) is 0 Å². The highest BCUT2D eigenvalue weighted by molar-refractivity contribution is 7.80. The number of hydrogen-bond donors (Lipinski definition) is 0. The molecule has 122 valence electrons. The lowest BCUT2D eigenvalue weighted by atomic mass is 10.0. The molecule has 0 radical (unpaired) electrons. The van der Waals surface area contributed by atoms with E-state index in [2.05, 4.69) is 11.1 Å². The molecule has 0 amide bonds. The third-order valence-corrected chi connectivity index (χ3v) is 3.87. The molecule has 0 aliphatic heterocycles. The molecule has 0 saturated carbocycles. The summed E-state index contributed by atoms with van der Waals surface area (Å²) in [6.07, 6.45) is 2.70. The fourth-order valence-corrected chi connectivity index (χ4v) is 2.84. The summed E-state index contributed by atoms with van der Waals surface area (Å²) in [5.41, 5.74) is 2.28. The lowest BCUT2D eigenvalue weighted by Gasteiger charge is -2.10. The van der Waals surface area contributed by atoms with Crippen LogP contribution >= 0.6 is 35.4 Å². The highest BCUT2D eigenvalue weighted by Crippen LogP contribution is 2.38. The van der Waals surface area contributed by atoms with Crippen molar-refractivity contribution in [2.75, 3.05) is 6.61 Å². The summed E-state index contributed by atoms with van der Waals surface area (Å²) in [4.78, 5) is 4.15. The van der Waals surface area contributed by atoms with Crippen LogP contribution in [-0.2, 0) is 0 Å². The van der Waals surface area contributed by atoms with E-state index >= 15 is 0 Å². The first kappa shape index (κ1) is 18.4. The maximum Gasteiger partial charge on any atom is 0.119 e. The monoisotopic (exact) mass is 376 g/mol. The van der Waals surface area contributed by atoms with Crippen molar-refractivity contribution in [2.45, 2.75) is 12.8 Å². The van der Waals surface area contributed by atoms with Crippen molar-refractivity contribution in [3.63, 3.8) is 0 Å². The molecular weight excluding hydrogens is 363 g/mol. The van der Waals surface area contributed by atoms with E-state index in [9.17, 15) is 0 Å². The third kappa shape index (κ3) is 5.04. The predicted molar refractivity (Wildman–Crippen MR) is 104 cm³/mol. The number of hydrogen-bond acceptors (Lipinski definition) is 4. The summed E-state index contributed by atoms with van der Waals surface area (Å²) >= 11 is 17.4. The van der Waals surface area contributed by atoms with Gasteiger partial charge in [-0.1, -0.05) is 47.6 Å². The van der Waals surface area contributed by atoms with Gasteiger partial charge >= 0.3 is 0 Å². The van der Waals surface area contributed by atoms with E-state index in [0.29, 0.717) is 35.2 Å². The van der Waals surface area contributed by atoms with Gasteiger partial charge in [0.05, 0.1) is 28.4 Å². The van der Waals surface area contributed by atoms with Crippen molar-refractivity contribution in [3.05, 3.63) is 46.4 Å². The standard InChI is InChI=1S/C18H14Cl2N2OS/c19-16-11-14(22-8-10-24)12-17(20)18(16)13-3-5-15(6-4-13)23-9-2-1-7-21/h3-6,8,10-12H,1-2,9H2. The minimum absolute atomic E-state index is 0.487. The Labute approximate surface area is 156 Å². The molecule has 0 heterocycles. The Balaban J connectivity index is 2.18. The molecule has 0 aromatic heterocycles. The second kappa shape index (κ2) is 9.39. The van der Waals surface area contributed by atoms with Gasteiger partial charge < -0.3 is 4.74 Å². The number of unbranched alkanes of at least 4 members (excludes halogenated alkanes) is 1. The quantitative estimate of drug-likeness (QED) is 0.335. The molecule has 6 heteroatoms. The van der Waals surface area contributed by atoms with E-state index in [1.54, 1.807) is 12.1 Å². The zero-order valence-electron chi connectivity index (χ0n) is 12.7. The van der Waals surface area contributed by atoms with Crippen LogP contribution in [0.5, 0.6) is 5.75 Å². The molecule has 2 rings (SSSR count). The molecule has 0 N–H and O–H groups in total. The fraction of sp³-hybridized carbons (Fsp3) is 0.167. The van der Waals surface area contributed by atoms with Crippen LogP contribution < -0.4 is 4.74 Å². The van der Waals surface area contributed by atoms with Gasteiger partial charge in [-0.25, -0.2) is 0 Å². The molecule has 3 nitrogen and oxygen atoms in total. The smallest absolute Gasteiger partial charge is 0.119 e. The minimum Gasteiger partial charge on any atom is -0.494 e.